The summed E-state index contributed by atoms with van der Waals surface area (Å²) in [7, 11) is 0. The van der Waals surface area contributed by atoms with Crippen LogP contribution in [0.15, 0.2) is 72.8 Å². The summed E-state index contributed by atoms with van der Waals surface area (Å²) < 4.78 is 1.50. The van der Waals surface area contributed by atoms with Gasteiger partial charge in [-0.3, -0.25) is 9.80 Å². The first-order valence-corrected chi connectivity index (χ1v) is 15.3. The Morgan fingerprint density at radius 3 is 1.34 bits per heavy atom. The molecule has 0 aliphatic carbocycles. The van der Waals surface area contributed by atoms with Crippen molar-refractivity contribution in [1.29, 1.82) is 0 Å². The molecule has 3 aromatic carbocycles. The minimum atomic E-state index is 0.748. The molecule has 38 heavy (non-hydrogen) atoms. The highest BCUT2D eigenvalue weighted by Gasteiger charge is 2.10. The Morgan fingerprint density at radius 2 is 1.00 bits per heavy atom. The Kier molecular flexibility index (Phi) is 13.5. The van der Waals surface area contributed by atoms with E-state index in [1.54, 1.807) is 0 Å². The van der Waals surface area contributed by atoms with E-state index in [1.165, 1.54) is 59.1 Å². The number of benzene rings is 3. The fraction of sp³-hybridized carbons (Fsp3) is 0.375. The molecular formula is C32H40N2S4. The van der Waals surface area contributed by atoms with Crippen LogP contribution in [-0.2, 0) is 13.1 Å². The van der Waals surface area contributed by atoms with Crippen LogP contribution in [0, 0.1) is 0 Å². The Hall–Kier alpha value is -1.54. The molecule has 0 aliphatic rings. The fourth-order valence-corrected chi connectivity index (χ4v) is 5.34. The van der Waals surface area contributed by atoms with Gasteiger partial charge in [0.1, 0.15) is 0 Å². The summed E-state index contributed by atoms with van der Waals surface area (Å²) in [5.41, 5.74) is 7.51. The second kappa shape index (κ2) is 16.5. The van der Waals surface area contributed by atoms with Gasteiger partial charge >= 0.3 is 0 Å². The number of rotatable bonds is 16. The number of unbranched alkanes of at least 4 members (excludes halogenated alkanes) is 2. The van der Waals surface area contributed by atoms with Gasteiger partial charge in [0, 0.05) is 26.2 Å². The number of thiocarbonyl (C=S) groups is 2. The lowest BCUT2D eigenvalue weighted by Crippen LogP contribution is -2.28. The molecule has 0 heterocycles. The molecule has 202 valence electrons. The summed E-state index contributed by atoms with van der Waals surface area (Å²) in [5.74, 6) is 0. The normalized spacial score (nSPS) is 11.3. The first kappa shape index (κ1) is 31.0. The number of hydrogen-bond donors (Lipinski definition) is 2. The monoisotopic (exact) mass is 580 g/mol. The predicted octanol–water partition coefficient (Wildman–Crippen LogP) is 8.74. The SMILES string of the molecule is CCCCN(CC(=S)S)Cc1ccc(-c2cccc(-c3ccc(CN(CCCC)CC(=S)S)cc3)c2)cc1. The molecule has 3 aromatic rings. The van der Waals surface area contributed by atoms with Crippen molar-refractivity contribution >= 4 is 58.1 Å². The summed E-state index contributed by atoms with van der Waals surface area (Å²) in [6.07, 6.45) is 4.69. The second-order valence-electron chi connectivity index (χ2n) is 9.89. The van der Waals surface area contributed by atoms with Gasteiger partial charge in [0.2, 0.25) is 0 Å². The fourth-order valence-electron chi connectivity index (χ4n) is 4.57. The lowest BCUT2D eigenvalue weighted by Gasteiger charge is -2.21. The van der Waals surface area contributed by atoms with Crippen LogP contribution in [0.5, 0.6) is 0 Å². The highest BCUT2D eigenvalue weighted by atomic mass is 32.1. The Balaban J connectivity index is 1.69. The van der Waals surface area contributed by atoms with Crippen molar-refractivity contribution in [2.75, 3.05) is 26.2 Å². The van der Waals surface area contributed by atoms with Crippen LogP contribution in [0.25, 0.3) is 22.3 Å². The molecule has 0 bridgehead atoms. The predicted molar refractivity (Wildman–Crippen MR) is 181 cm³/mol. The van der Waals surface area contributed by atoms with Crippen LogP contribution in [0.3, 0.4) is 0 Å². The van der Waals surface area contributed by atoms with Gasteiger partial charge in [-0.25, -0.2) is 0 Å². The van der Waals surface area contributed by atoms with Gasteiger partial charge < -0.3 is 0 Å². The average Bonchev–Trinajstić information content (AvgIpc) is 2.90. The zero-order valence-corrected chi connectivity index (χ0v) is 26.0. The molecule has 0 aliphatic heterocycles. The third kappa shape index (κ3) is 10.6. The van der Waals surface area contributed by atoms with Crippen LogP contribution in [0.4, 0.5) is 0 Å². The maximum Gasteiger partial charge on any atom is 0.0588 e. The quantitative estimate of drug-likeness (QED) is 0.129. The molecule has 0 unspecified atom stereocenters. The van der Waals surface area contributed by atoms with Crippen molar-refractivity contribution in [3.63, 3.8) is 0 Å². The molecule has 0 amide bonds. The molecule has 0 atom stereocenters. The Labute approximate surface area is 251 Å². The highest BCUT2D eigenvalue weighted by molar-refractivity contribution is 8.11. The molecular weight excluding hydrogens is 541 g/mol. The van der Waals surface area contributed by atoms with Crippen LogP contribution in [0.1, 0.15) is 50.7 Å². The molecule has 0 N–H and O–H groups in total. The van der Waals surface area contributed by atoms with E-state index >= 15 is 0 Å². The minimum Gasteiger partial charge on any atom is -0.293 e. The molecule has 0 aromatic heterocycles. The summed E-state index contributed by atoms with van der Waals surface area (Å²) >= 11 is 19.2. The zero-order valence-electron chi connectivity index (χ0n) is 22.6. The van der Waals surface area contributed by atoms with Crippen molar-refractivity contribution in [1.82, 2.24) is 9.80 Å². The van der Waals surface area contributed by atoms with Gasteiger partial charge in [0.25, 0.3) is 0 Å². The van der Waals surface area contributed by atoms with Crippen LogP contribution in [-0.4, -0.2) is 44.4 Å². The van der Waals surface area contributed by atoms with E-state index in [1.807, 2.05) is 0 Å². The zero-order chi connectivity index (χ0) is 27.3. The Morgan fingerprint density at radius 1 is 0.605 bits per heavy atom. The third-order valence-corrected chi connectivity index (χ3v) is 7.16. The minimum absolute atomic E-state index is 0.748. The van der Waals surface area contributed by atoms with Crippen LogP contribution >= 0.6 is 49.7 Å². The first-order valence-electron chi connectivity index (χ1n) is 13.5. The van der Waals surface area contributed by atoms with Crippen molar-refractivity contribution in [2.24, 2.45) is 0 Å². The molecule has 6 heteroatoms. The van der Waals surface area contributed by atoms with Gasteiger partial charge in [0.05, 0.1) is 8.39 Å². The van der Waals surface area contributed by atoms with Gasteiger partial charge in [-0.2, -0.15) is 0 Å². The number of hydrogen-bond acceptors (Lipinski definition) is 4. The average molecular weight is 581 g/mol. The van der Waals surface area contributed by atoms with Crippen molar-refractivity contribution in [3.8, 4) is 22.3 Å². The third-order valence-electron chi connectivity index (χ3n) is 6.62. The van der Waals surface area contributed by atoms with Crippen molar-refractivity contribution < 1.29 is 0 Å². The molecule has 0 radical (unpaired) electrons. The van der Waals surface area contributed by atoms with Crippen LogP contribution in [0.2, 0.25) is 0 Å². The molecule has 0 saturated carbocycles. The Bertz CT molecular complexity index is 1070. The van der Waals surface area contributed by atoms with Gasteiger partial charge in [-0.1, -0.05) is 118 Å². The van der Waals surface area contributed by atoms with E-state index in [0.29, 0.717) is 0 Å². The number of nitrogens with zero attached hydrogens (tertiary/aromatic N) is 2. The van der Waals surface area contributed by atoms with E-state index in [4.69, 9.17) is 24.4 Å². The highest BCUT2D eigenvalue weighted by Crippen LogP contribution is 2.27. The maximum atomic E-state index is 5.24. The summed E-state index contributed by atoms with van der Waals surface area (Å²) in [5, 5.41) is 0. The number of thiol groups is 2. The smallest absolute Gasteiger partial charge is 0.0588 e. The standard InChI is InChI=1S/C32H40N2S4/c1-3-5-18-33(23-31(35)36)21-25-10-14-27(15-11-25)29-8-7-9-30(20-29)28-16-12-26(13-17-28)22-34(19-6-4-2)24-32(37)38/h7-17,20H,3-6,18-19,21-24H2,1-2H3,(H,35,36)(H,37,38). The van der Waals surface area contributed by atoms with E-state index in [2.05, 4.69) is 122 Å². The van der Waals surface area contributed by atoms with Gasteiger partial charge in [-0.05, 0) is 65.4 Å². The summed E-state index contributed by atoms with van der Waals surface area (Å²) in [6, 6.07) is 26.6. The molecule has 3 rings (SSSR count). The van der Waals surface area contributed by atoms with E-state index in [9.17, 15) is 0 Å². The van der Waals surface area contributed by atoms with Gasteiger partial charge in [0.15, 0.2) is 0 Å². The topological polar surface area (TPSA) is 6.48 Å². The van der Waals surface area contributed by atoms with Gasteiger partial charge in [-0.15, -0.1) is 25.3 Å². The largest absolute Gasteiger partial charge is 0.293 e. The van der Waals surface area contributed by atoms with E-state index in [0.717, 1.165) is 47.7 Å². The molecule has 0 fully saturated rings. The maximum absolute atomic E-state index is 5.24. The summed E-state index contributed by atoms with van der Waals surface area (Å²) in [6.45, 7) is 9.81. The van der Waals surface area contributed by atoms with Crippen molar-refractivity contribution in [3.05, 3.63) is 83.9 Å². The lowest BCUT2D eigenvalue weighted by molar-refractivity contribution is 0.300. The first-order chi connectivity index (χ1) is 18.4. The lowest BCUT2D eigenvalue weighted by atomic mass is 9.97. The molecule has 0 spiro atoms. The molecule has 2 nitrogen and oxygen atoms in total. The van der Waals surface area contributed by atoms with Crippen LogP contribution < -0.4 is 0 Å². The summed E-state index contributed by atoms with van der Waals surface area (Å²) in [4.78, 5) is 4.77. The van der Waals surface area contributed by atoms with E-state index in [-0.39, 0.29) is 0 Å². The second-order valence-corrected chi connectivity index (χ2v) is 12.6. The molecule has 0 saturated heterocycles. The van der Waals surface area contributed by atoms with Crippen molar-refractivity contribution in [2.45, 2.75) is 52.6 Å². The van der Waals surface area contributed by atoms with E-state index < -0.39 is 0 Å².